The number of aromatic amines is 1. The fourth-order valence-electron chi connectivity index (χ4n) is 1.68. The van der Waals surface area contributed by atoms with Crippen molar-refractivity contribution in [3.63, 3.8) is 0 Å². The lowest BCUT2D eigenvalue weighted by molar-refractivity contribution is -0.0459. The van der Waals surface area contributed by atoms with E-state index >= 15 is 0 Å². The highest BCUT2D eigenvalue weighted by atomic mass is 16.5. The zero-order chi connectivity index (χ0) is 13.4. The Balaban J connectivity index is 2.42. The number of rotatable bonds is 2. The first-order valence-corrected chi connectivity index (χ1v) is 5.14. The number of nitrogens with one attached hydrogen (secondary N) is 1. The largest absolute Gasteiger partial charge is 0.394 e. The maximum absolute atomic E-state index is 11.6. The van der Waals surface area contributed by atoms with E-state index in [1.54, 1.807) is 0 Å². The van der Waals surface area contributed by atoms with Gasteiger partial charge in [0.15, 0.2) is 0 Å². The Hall–Kier alpha value is -1.44. The molecular formula is C10H14N2O5. The molecule has 1 aromatic heterocycles. The van der Waals surface area contributed by atoms with Crippen LogP contribution in [0.4, 0.5) is 0 Å². The van der Waals surface area contributed by atoms with Crippen molar-refractivity contribution in [2.75, 3.05) is 6.61 Å². The summed E-state index contributed by atoms with van der Waals surface area (Å²) in [5, 5.41) is 18.6. The zero-order valence-electron chi connectivity index (χ0n) is 10.2. The summed E-state index contributed by atoms with van der Waals surface area (Å²) in [4.78, 5) is 25.0. The normalized spacial score (nSPS) is 33.7. The van der Waals surface area contributed by atoms with E-state index in [1.807, 2.05) is 0 Å². The molecule has 1 aliphatic heterocycles. The molecule has 0 bridgehead atoms. The zero-order valence-corrected chi connectivity index (χ0v) is 9.16. The van der Waals surface area contributed by atoms with Crippen molar-refractivity contribution in [2.24, 2.45) is 0 Å². The number of H-pyrrole nitrogens is 1. The number of hydrogen-bond donors (Lipinski definition) is 3. The highest BCUT2D eigenvalue weighted by molar-refractivity contribution is 5.02. The molecule has 0 aromatic carbocycles. The van der Waals surface area contributed by atoms with Gasteiger partial charge in [-0.05, 0) is 6.92 Å². The molecule has 1 aliphatic rings. The molecule has 0 spiro atoms. The Kier molecular flexibility index (Phi) is 2.79. The molecule has 7 nitrogen and oxygen atoms in total. The van der Waals surface area contributed by atoms with Crippen molar-refractivity contribution in [3.8, 4) is 0 Å². The van der Waals surface area contributed by atoms with Gasteiger partial charge in [-0.15, -0.1) is 0 Å². The third-order valence-electron chi connectivity index (χ3n) is 2.66. The maximum atomic E-state index is 11.6. The van der Waals surface area contributed by atoms with Crippen LogP contribution in [-0.4, -0.2) is 38.6 Å². The van der Waals surface area contributed by atoms with E-state index in [1.165, 1.54) is 13.1 Å². The average Bonchev–Trinajstić information content (AvgIpc) is 2.61. The van der Waals surface area contributed by atoms with Crippen molar-refractivity contribution < 1.29 is 16.3 Å². The standard InChI is InChI=1S/C10H14N2O5/c1-5-3-12(10(16)11-9(5)15)8-2-6(14)7(4-13)17-8/h3,6-8,13-14H,2,4H2,1H3,(H,11,15,16)/t6-,7+,8+/m0/s1/i2D/t2-,6-,7+,8+. The van der Waals surface area contributed by atoms with Gasteiger partial charge in [-0.25, -0.2) is 4.79 Å². The van der Waals surface area contributed by atoms with Crippen LogP contribution in [0.5, 0.6) is 0 Å². The first-order chi connectivity index (χ1) is 8.45. The molecule has 1 aromatic rings. The summed E-state index contributed by atoms with van der Waals surface area (Å²) in [5.74, 6) is 0. The quantitative estimate of drug-likeness (QED) is 0.585. The molecule has 0 aliphatic carbocycles. The van der Waals surface area contributed by atoms with Crippen molar-refractivity contribution in [2.45, 2.75) is 31.8 Å². The van der Waals surface area contributed by atoms with E-state index in [0.29, 0.717) is 5.56 Å². The fraction of sp³-hybridized carbons (Fsp3) is 0.600. The van der Waals surface area contributed by atoms with Gasteiger partial charge in [-0.3, -0.25) is 14.3 Å². The molecule has 1 fully saturated rings. The van der Waals surface area contributed by atoms with Gasteiger partial charge in [0.05, 0.1) is 12.7 Å². The van der Waals surface area contributed by atoms with Crippen LogP contribution in [0.15, 0.2) is 15.8 Å². The van der Waals surface area contributed by atoms with Crippen LogP contribution < -0.4 is 11.2 Å². The smallest absolute Gasteiger partial charge is 0.330 e. The number of aryl methyl sites for hydroxylation is 1. The summed E-state index contributed by atoms with van der Waals surface area (Å²) < 4.78 is 14.0. The highest BCUT2D eigenvalue weighted by Crippen LogP contribution is 2.27. The molecule has 0 radical (unpaired) electrons. The number of nitrogens with zero attached hydrogens (tertiary/aromatic N) is 1. The van der Waals surface area contributed by atoms with Crippen LogP contribution in [0.1, 0.15) is 19.6 Å². The second kappa shape index (κ2) is 4.44. The number of aromatic nitrogens is 2. The molecule has 94 valence electrons. The van der Waals surface area contributed by atoms with E-state index in [2.05, 4.69) is 4.98 Å². The Morgan fingerprint density at radius 2 is 2.41 bits per heavy atom. The van der Waals surface area contributed by atoms with Gasteiger partial charge in [0, 0.05) is 19.5 Å². The molecule has 4 atom stereocenters. The van der Waals surface area contributed by atoms with E-state index in [4.69, 9.17) is 11.2 Å². The molecule has 1 saturated heterocycles. The summed E-state index contributed by atoms with van der Waals surface area (Å²) in [6.07, 6.45) is -2.94. The molecule has 0 saturated carbocycles. The van der Waals surface area contributed by atoms with Crippen LogP contribution in [0.25, 0.3) is 0 Å². The lowest BCUT2D eigenvalue weighted by Crippen LogP contribution is -2.33. The third-order valence-corrected chi connectivity index (χ3v) is 2.66. The summed E-state index contributed by atoms with van der Waals surface area (Å²) >= 11 is 0. The lowest BCUT2D eigenvalue weighted by Gasteiger charge is -2.14. The summed E-state index contributed by atoms with van der Waals surface area (Å²) in [6, 6.07) is 0. The van der Waals surface area contributed by atoms with E-state index in [-0.39, 0.29) is 0 Å². The van der Waals surface area contributed by atoms with Gasteiger partial charge in [0.25, 0.3) is 5.56 Å². The minimum atomic E-state index is -1.18. The monoisotopic (exact) mass is 243 g/mol. The predicted octanol–water partition coefficient (Wildman–Crippen LogP) is -1.51. The number of ether oxygens (including phenoxy) is 1. The van der Waals surface area contributed by atoms with Crippen LogP contribution in [-0.2, 0) is 4.74 Å². The van der Waals surface area contributed by atoms with Crippen LogP contribution in [0.3, 0.4) is 0 Å². The Morgan fingerprint density at radius 3 is 3.00 bits per heavy atom. The van der Waals surface area contributed by atoms with Gasteiger partial charge in [-0.2, -0.15) is 0 Å². The minimum absolute atomic E-state index is 0.298. The van der Waals surface area contributed by atoms with E-state index < -0.39 is 42.7 Å². The average molecular weight is 243 g/mol. The van der Waals surface area contributed by atoms with Gasteiger partial charge >= 0.3 is 5.69 Å². The highest BCUT2D eigenvalue weighted by Gasteiger charge is 2.34. The third kappa shape index (κ3) is 2.17. The number of hydrogen-bond acceptors (Lipinski definition) is 5. The Bertz CT molecular complexity index is 554. The molecule has 0 amide bonds. The van der Waals surface area contributed by atoms with Crippen molar-refractivity contribution in [1.82, 2.24) is 9.55 Å². The summed E-state index contributed by atoms with van der Waals surface area (Å²) in [7, 11) is 0. The molecule has 0 unspecified atom stereocenters. The second-order valence-corrected chi connectivity index (χ2v) is 3.91. The predicted molar refractivity (Wildman–Crippen MR) is 57.7 cm³/mol. The fourth-order valence-corrected chi connectivity index (χ4v) is 1.68. The van der Waals surface area contributed by atoms with Gasteiger partial charge in [-0.1, -0.05) is 0 Å². The second-order valence-electron chi connectivity index (χ2n) is 3.91. The van der Waals surface area contributed by atoms with Crippen molar-refractivity contribution >= 4 is 0 Å². The lowest BCUT2D eigenvalue weighted by atomic mass is 10.2. The van der Waals surface area contributed by atoms with E-state index in [9.17, 15) is 14.7 Å². The van der Waals surface area contributed by atoms with Crippen molar-refractivity contribution in [1.29, 1.82) is 0 Å². The van der Waals surface area contributed by atoms with E-state index in [0.717, 1.165) is 4.57 Å². The topological polar surface area (TPSA) is 105 Å². The van der Waals surface area contributed by atoms with Crippen LogP contribution >= 0.6 is 0 Å². The van der Waals surface area contributed by atoms with Crippen LogP contribution in [0.2, 0.25) is 0 Å². The number of aliphatic hydroxyl groups is 2. The van der Waals surface area contributed by atoms with Gasteiger partial charge in [0.1, 0.15) is 12.3 Å². The SMILES string of the molecule is [2H][C@H]1[C@H](O)[C@@H](CO)O[C@H]1n1cc(C)c(=O)[nH]c1=O. The van der Waals surface area contributed by atoms with Crippen LogP contribution in [0, 0.1) is 6.92 Å². The van der Waals surface area contributed by atoms with Gasteiger partial charge in [0.2, 0.25) is 0 Å². The first-order valence-electron chi connectivity index (χ1n) is 5.72. The molecule has 2 rings (SSSR count). The first kappa shape index (κ1) is 10.7. The molecule has 3 N–H and O–H groups in total. The minimum Gasteiger partial charge on any atom is -0.394 e. The molecule has 17 heavy (non-hydrogen) atoms. The molecule has 7 heteroatoms. The molecular weight excluding hydrogens is 228 g/mol. The summed E-state index contributed by atoms with van der Waals surface area (Å²) in [5.41, 5.74) is -0.916. The van der Waals surface area contributed by atoms with Gasteiger partial charge < -0.3 is 14.9 Å². The Labute approximate surface area is 97.7 Å². The maximum Gasteiger partial charge on any atom is 0.330 e. The summed E-state index contributed by atoms with van der Waals surface area (Å²) in [6.45, 7) is 1.08. The van der Waals surface area contributed by atoms with Crippen molar-refractivity contribution in [3.05, 3.63) is 32.6 Å². The number of aliphatic hydroxyl groups excluding tert-OH is 2. The Morgan fingerprint density at radius 1 is 1.71 bits per heavy atom. The molecule has 2 heterocycles.